The summed E-state index contributed by atoms with van der Waals surface area (Å²) in [6.07, 6.45) is 5.60. The van der Waals surface area contributed by atoms with Gasteiger partial charge in [-0.2, -0.15) is 0 Å². The lowest BCUT2D eigenvalue weighted by Gasteiger charge is -2.11. The van der Waals surface area contributed by atoms with Crippen molar-refractivity contribution in [3.63, 3.8) is 0 Å². The van der Waals surface area contributed by atoms with E-state index in [4.69, 9.17) is 9.97 Å². The van der Waals surface area contributed by atoms with Crippen LogP contribution >= 0.6 is 0 Å². The molecule has 0 spiro atoms. The van der Waals surface area contributed by atoms with Gasteiger partial charge in [0.25, 0.3) is 0 Å². The molecule has 0 aliphatic heterocycles. The molecule has 47 heavy (non-hydrogen) atoms. The molecule has 0 bridgehead atoms. The fraction of sp³-hybridized carbons (Fsp3) is 0. The fourth-order valence-corrected chi connectivity index (χ4v) is 7.83. The molecular weight excluding hydrogens is 576 g/mol. The second-order valence-corrected chi connectivity index (χ2v) is 12.1. The molecule has 0 saturated carbocycles. The molecule has 0 fully saturated rings. The van der Waals surface area contributed by atoms with Gasteiger partial charge in [-0.1, -0.05) is 54.6 Å². The van der Waals surface area contributed by atoms with Gasteiger partial charge in [0, 0.05) is 56.1 Å². The van der Waals surface area contributed by atoms with Gasteiger partial charge in [-0.05, 0) is 72.8 Å². The maximum Gasteiger partial charge on any atom is 0.146 e. The first-order valence-corrected chi connectivity index (χ1v) is 15.8. The van der Waals surface area contributed by atoms with Gasteiger partial charge in [0.15, 0.2) is 0 Å². The van der Waals surface area contributed by atoms with E-state index < -0.39 is 0 Å². The Kier molecular flexibility index (Phi) is 4.75. The van der Waals surface area contributed by atoms with Crippen molar-refractivity contribution in [2.24, 2.45) is 0 Å². The van der Waals surface area contributed by atoms with Crippen LogP contribution in [0.5, 0.6) is 0 Å². The molecule has 0 unspecified atom stereocenters. The molecule has 0 saturated heterocycles. The van der Waals surface area contributed by atoms with Crippen LogP contribution in [0.1, 0.15) is 0 Å². The Morgan fingerprint density at radius 3 is 2.00 bits per heavy atom. The Labute approximate surface area is 267 Å². The maximum absolute atomic E-state index is 5.16. The molecule has 0 aliphatic carbocycles. The SMILES string of the molecule is c1ccc(-n2c3ccccc3c3cc4c5c6c(ccc5n(-c5ccccc5)c4cc32)c2nc3ccncc3n2c2cccnc62)cc1. The smallest absolute Gasteiger partial charge is 0.146 e. The van der Waals surface area contributed by atoms with Gasteiger partial charge in [-0.15, -0.1) is 0 Å². The number of hydrogen-bond acceptors (Lipinski definition) is 3. The highest BCUT2D eigenvalue weighted by Crippen LogP contribution is 2.44. The number of benzene rings is 5. The molecule has 6 aromatic heterocycles. The summed E-state index contributed by atoms with van der Waals surface area (Å²) >= 11 is 0. The molecule has 0 aliphatic rings. The third-order valence-corrected chi connectivity index (χ3v) is 9.72. The van der Waals surface area contributed by atoms with Crippen LogP contribution in [0, 0.1) is 0 Å². The average molecular weight is 601 g/mol. The largest absolute Gasteiger partial charge is 0.309 e. The van der Waals surface area contributed by atoms with Crippen LogP contribution in [0.25, 0.3) is 93.5 Å². The number of para-hydroxylation sites is 3. The minimum Gasteiger partial charge on any atom is -0.309 e. The third-order valence-electron chi connectivity index (χ3n) is 9.72. The molecule has 0 N–H and O–H groups in total. The summed E-state index contributed by atoms with van der Waals surface area (Å²) in [7, 11) is 0. The molecular formula is C41H24N6. The lowest BCUT2D eigenvalue weighted by atomic mass is 10.0. The number of fused-ring (bicyclic) bond motifs is 15. The van der Waals surface area contributed by atoms with Gasteiger partial charge in [0.1, 0.15) is 5.65 Å². The van der Waals surface area contributed by atoms with Crippen molar-refractivity contribution in [3.8, 4) is 11.4 Å². The minimum absolute atomic E-state index is 0.910. The van der Waals surface area contributed by atoms with Crippen molar-refractivity contribution < 1.29 is 0 Å². The Hall–Kier alpha value is -6.53. The first-order valence-electron chi connectivity index (χ1n) is 15.8. The first-order chi connectivity index (χ1) is 23.3. The highest BCUT2D eigenvalue weighted by Gasteiger charge is 2.23. The Bertz CT molecular complexity index is 3060. The van der Waals surface area contributed by atoms with Crippen molar-refractivity contribution >= 4 is 82.1 Å². The summed E-state index contributed by atoms with van der Waals surface area (Å²) in [5.74, 6) is 0. The second kappa shape index (κ2) is 9.02. The third kappa shape index (κ3) is 3.21. The Morgan fingerprint density at radius 1 is 0.447 bits per heavy atom. The first kappa shape index (κ1) is 24.8. The molecule has 6 nitrogen and oxygen atoms in total. The fourth-order valence-electron chi connectivity index (χ4n) is 7.83. The van der Waals surface area contributed by atoms with E-state index >= 15 is 0 Å². The molecule has 0 radical (unpaired) electrons. The normalized spacial score (nSPS) is 12.3. The zero-order valence-electron chi connectivity index (χ0n) is 25.0. The molecule has 218 valence electrons. The van der Waals surface area contributed by atoms with Crippen LogP contribution in [-0.4, -0.2) is 28.5 Å². The van der Waals surface area contributed by atoms with Gasteiger partial charge in [0.2, 0.25) is 0 Å². The number of imidazole rings is 1. The average Bonchev–Trinajstić information content (AvgIpc) is 3.79. The van der Waals surface area contributed by atoms with Crippen LogP contribution in [0.2, 0.25) is 0 Å². The molecule has 0 atom stereocenters. The number of rotatable bonds is 2. The van der Waals surface area contributed by atoms with E-state index in [0.717, 1.165) is 60.9 Å². The zero-order chi connectivity index (χ0) is 30.6. The Morgan fingerprint density at radius 2 is 1.17 bits per heavy atom. The zero-order valence-corrected chi connectivity index (χ0v) is 25.0. The highest BCUT2D eigenvalue weighted by molar-refractivity contribution is 6.31. The highest BCUT2D eigenvalue weighted by atomic mass is 15.0. The van der Waals surface area contributed by atoms with Gasteiger partial charge in [-0.3, -0.25) is 14.4 Å². The number of pyridine rings is 3. The van der Waals surface area contributed by atoms with E-state index in [1.54, 1.807) is 6.20 Å². The predicted octanol–water partition coefficient (Wildman–Crippen LogP) is 9.78. The molecule has 11 rings (SSSR count). The summed E-state index contributed by atoms with van der Waals surface area (Å²) in [5, 5.41) is 6.99. The number of aromatic nitrogens is 6. The molecule has 6 heteroatoms. The quantitative estimate of drug-likeness (QED) is 0.186. The van der Waals surface area contributed by atoms with E-state index in [1.807, 2.05) is 24.5 Å². The summed E-state index contributed by atoms with van der Waals surface area (Å²) in [4.78, 5) is 14.7. The van der Waals surface area contributed by atoms with E-state index in [2.05, 4.69) is 134 Å². The molecule has 0 amide bonds. The topological polar surface area (TPSA) is 52.9 Å². The lowest BCUT2D eigenvalue weighted by molar-refractivity contribution is 1.16. The van der Waals surface area contributed by atoms with Gasteiger partial charge in [0.05, 0.1) is 50.3 Å². The van der Waals surface area contributed by atoms with Crippen molar-refractivity contribution in [1.82, 2.24) is 28.5 Å². The molecule has 6 heterocycles. The standard InChI is InChI=1S/C41H24N6/c1-3-10-25(11-4-1)45-32-15-8-7-14-27(32)29-22-30-36(23-35(29)45)46(26-12-5-2-6-13-26)33-18-17-28-39(38(30)33)40-34(16-9-20-43-40)47-37-24-42-21-19-31(37)44-41(28)47/h1-24H. The maximum atomic E-state index is 5.16. The summed E-state index contributed by atoms with van der Waals surface area (Å²) < 4.78 is 7.00. The van der Waals surface area contributed by atoms with Gasteiger partial charge in [-0.25, -0.2) is 4.98 Å². The van der Waals surface area contributed by atoms with Gasteiger partial charge >= 0.3 is 0 Å². The van der Waals surface area contributed by atoms with E-state index in [0.29, 0.717) is 0 Å². The number of hydrogen-bond donors (Lipinski definition) is 0. The van der Waals surface area contributed by atoms with E-state index in [1.165, 1.54) is 32.6 Å². The minimum atomic E-state index is 0.910. The van der Waals surface area contributed by atoms with Crippen molar-refractivity contribution in [2.75, 3.05) is 0 Å². The summed E-state index contributed by atoms with van der Waals surface area (Å²) in [6.45, 7) is 0. The van der Waals surface area contributed by atoms with Crippen molar-refractivity contribution in [1.29, 1.82) is 0 Å². The van der Waals surface area contributed by atoms with Gasteiger partial charge < -0.3 is 9.13 Å². The van der Waals surface area contributed by atoms with Crippen molar-refractivity contribution in [2.45, 2.75) is 0 Å². The predicted molar refractivity (Wildman–Crippen MR) is 192 cm³/mol. The molecule has 11 aromatic rings. The monoisotopic (exact) mass is 600 g/mol. The van der Waals surface area contributed by atoms with Crippen molar-refractivity contribution in [3.05, 3.63) is 146 Å². The van der Waals surface area contributed by atoms with E-state index in [9.17, 15) is 0 Å². The van der Waals surface area contributed by atoms with Crippen LogP contribution in [0.3, 0.4) is 0 Å². The molecule has 5 aromatic carbocycles. The van der Waals surface area contributed by atoms with E-state index in [-0.39, 0.29) is 0 Å². The Balaban J connectivity index is 1.41. The van der Waals surface area contributed by atoms with Crippen LogP contribution in [-0.2, 0) is 0 Å². The van der Waals surface area contributed by atoms with Crippen LogP contribution in [0.4, 0.5) is 0 Å². The van der Waals surface area contributed by atoms with Crippen LogP contribution in [0.15, 0.2) is 146 Å². The second-order valence-electron chi connectivity index (χ2n) is 12.1. The summed E-state index contributed by atoms with van der Waals surface area (Å²) in [6, 6.07) is 45.4. The lowest BCUT2D eigenvalue weighted by Crippen LogP contribution is -1.96. The summed E-state index contributed by atoms with van der Waals surface area (Å²) in [5.41, 5.74) is 11.7. The van der Waals surface area contributed by atoms with Crippen LogP contribution < -0.4 is 0 Å². The number of nitrogens with zero attached hydrogens (tertiary/aromatic N) is 6.